The second kappa shape index (κ2) is 7.62. The van der Waals surface area contributed by atoms with E-state index in [4.69, 9.17) is 10.5 Å². The maximum absolute atomic E-state index is 12.1. The molecule has 0 aromatic carbocycles. The number of nitrogens with one attached hydrogen (secondary N) is 1. The van der Waals surface area contributed by atoms with Gasteiger partial charge >= 0.3 is 0 Å². The van der Waals surface area contributed by atoms with Gasteiger partial charge < -0.3 is 15.8 Å². The Morgan fingerprint density at radius 1 is 1.45 bits per heavy atom. The molecule has 0 aliphatic rings. The van der Waals surface area contributed by atoms with E-state index in [1.807, 2.05) is 12.1 Å². The first kappa shape index (κ1) is 16.1. The first-order chi connectivity index (χ1) is 10.6. The summed E-state index contributed by atoms with van der Waals surface area (Å²) in [7, 11) is 1.51. The second-order valence-corrected chi connectivity index (χ2v) is 5.32. The summed E-state index contributed by atoms with van der Waals surface area (Å²) in [5.74, 6) is -1.05. The van der Waals surface area contributed by atoms with Crippen LogP contribution >= 0.6 is 11.3 Å². The fourth-order valence-electron chi connectivity index (χ4n) is 1.74. The summed E-state index contributed by atoms with van der Waals surface area (Å²) in [4.78, 5) is 31.9. The van der Waals surface area contributed by atoms with Crippen molar-refractivity contribution < 1.29 is 14.3 Å². The first-order valence-corrected chi connectivity index (χ1v) is 7.46. The van der Waals surface area contributed by atoms with E-state index in [0.29, 0.717) is 23.7 Å². The zero-order valence-electron chi connectivity index (χ0n) is 12.0. The van der Waals surface area contributed by atoms with Crippen molar-refractivity contribution in [3.63, 3.8) is 0 Å². The summed E-state index contributed by atoms with van der Waals surface area (Å²) in [6, 6.07) is 4.67. The number of hydrogen-bond acceptors (Lipinski definition) is 6. The molecule has 2 aromatic rings. The van der Waals surface area contributed by atoms with Gasteiger partial charge in [0, 0.05) is 25.3 Å². The lowest BCUT2D eigenvalue weighted by Crippen LogP contribution is -2.45. The lowest BCUT2D eigenvalue weighted by atomic mass is 10.2. The van der Waals surface area contributed by atoms with Crippen LogP contribution in [0.2, 0.25) is 0 Å². The van der Waals surface area contributed by atoms with Crippen molar-refractivity contribution in [2.45, 2.75) is 12.5 Å². The van der Waals surface area contributed by atoms with E-state index in [0.717, 1.165) is 0 Å². The van der Waals surface area contributed by atoms with E-state index in [1.165, 1.54) is 18.4 Å². The largest absolute Gasteiger partial charge is 0.385 e. The van der Waals surface area contributed by atoms with Crippen molar-refractivity contribution in [2.24, 2.45) is 5.73 Å². The molecule has 0 saturated heterocycles. The van der Waals surface area contributed by atoms with Gasteiger partial charge in [-0.05, 0) is 18.6 Å². The Balaban J connectivity index is 2.06. The average Bonchev–Trinajstić information content (AvgIpc) is 3.02. The van der Waals surface area contributed by atoms with Crippen molar-refractivity contribution in [3.05, 3.63) is 35.5 Å². The second-order valence-electron chi connectivity index (χ2n) is 4.46. The highest BCUT2D eigenvalue weighted by Gasteiger charge is 2.20. The number of ether oxygens (including phenoxy) is 1. The van der Waals surface area contributed by atoms with Gasteiger partial charge in [0.2, 0.25) is 5.91 Å². The van der Waals surface area contributed by atoms with Gasteiger partial charge in [-0.15, -0.1) is 11.3 Å². The van der Waals surface area contributed by atoms with Crippen molar-refractivity contribution in [1.29, 1.82) is 0 Å². The van der Waals surface area contributed by atoms with E-state index in [1.54, 1.807) is 17.6 Å². The molecule has 0 bridgehead atoms. The number of rotatable bonds is 7. The number of aromatic nitrogens is 2. The molecule has 2 rings (SSSR count). The molecule has 0 fully saturated rings. The van der Waals surface area contributed by atoms with Crippen LogP contribution in [-0.4, -0.2) is 41.5 Å². The van der Waals surface area contributed by atoms with Crippen molar-refractivity contribution in [1.82, 2.24) is 15.3 Å². The number of amides is 2. The molecule has 0 radical (unpaired) electrons. The van der Waals surface area contributed by atoms with Crippen LogP contribution < -0.4 is 11.1 Å². The Morgan fingerprint density at radius 3 is 2.91 bits per heavy atom. The third-order valence-corrected chi connectivity index (χ3v) is 3.75. The highest BCUT2D eigenvalue weighted by atomic mass is 32.1. The Labute approximate surface area is 131 Å². The number of nitrogens with two attached hydrogens (primary N) is 1. The van der Waals surface area contributed by atoms with Crippen LogP contribution in [0.25, 0.3) is 10.7 Å². The van der Waals surface area contributed by atoms with Crippen molar-refractivity contribution >= 4 is 23.2 Å². The minimum Gasteiger partial charge on any atom is -0.385 e. The highest BCUT2D eigenvalue weighted by molar-refractivity contribution is 7.13. The number of methoxy groups -OCH3 is 1. The minimum atomic E-state index is -0.785. The quantitative estimate of drug-likeness (QED) is 0.785. The molecule has 2 heterocycles. The average molecular weight is 320 g/mol. The number of pyridine rings is 1. The van der Waals surface area contributed by atoms with E-state index >= 15 is 0 Å². The zero-order valence-corrected chi connectivity index (χ0v) is 12.8. The topological polar surface area (TPSA) is 107 Å². The van der Waals surface area contributed by atoms with E-state index in [2.05, 4.69) is 15.3 Å². The number of carbonyl (C=O) groups is 2. The van der Waals surface area contributed by atoms with Crippen LogP contribution in [0.4, 0.5) is 0 Å². The summed E-state index contributed by atoms with van der Waals surface area (Å²) in [6.45, 7) is 0.324. The number of nitrogens with zero attached hydrogens (tertiary/aromatic N) is 2. The van der Waals surface area contributed by atoms with Crippen LogP contribution in [0.5, 0.6) is 0 Å². The molecule has 1 atom stereocenters. The fourth-order valence-corrected chi connectivity index (χ4v) is 2.51. The number of thiazole rings is 1. The van der Waals surface area contributed by atoms with Crippen LogP contribution in [0, 0.1) is 0 Å². The highest BCUT2D eigenvalue weighted by Crippen LogP contribution is 2.21. The van der Waals surface area contributed by atoms with Gasteiger partial charge in [0.25, 0.3) is 5.91 Å². The Kier molecular flexibility index (Phi) is 5.56. The van der Waals surface area contributed by atoms with Crippen molar-refractivity contribution in [2.75, 3.05) is 13.7 Å². The lowest BCUT2D eigenvalue weighted by molar-refractivity contribution is -0.120. The summed E-state index contributed by atoms with van der Waals surface area (Å²) in [6.07, 6.45) is 1.97. The molecule has 3 N–H and O–H groups in total. The van der Waals surface area contributed by atoms with Gasteiger partial charge in [0.15, 0.2) is 0 Å². The summed E-state index contributed by atoms with van der Waals surface area (Å²) >= 11 is 1.31. The molecule has 116 valence electrons. The Morgan fingerprint density at radius 2 is 2.27 bits per heavy atom. The molecule has 0 aliphatic heterocycles. The maximum atomic E-state index is 12.1. The normalized spacial score (nSPS) is 11.9. The Bertz CT molecular complexity index is 645. The molecule has 0 saturated carbocycles. The molecule has 8 heteroatoms. The molecule has 7 nitrogen and oxygen atoms in total. The molecule has 1 unspecified atom stereocenters. The molecule has 2 amide bonds. The van der Waals surface area contributed by atoms with Gasteiger partial charge in [0.1, 0.15) is 16.7 Å². The molecular formula is C14H16N4O3S. The van der Waals surface area contributed by atoms with Gasteiger partial charge in [-0.1, -0.05) is 6.07 Å². The molecule has 22 heavy (non-hydrogen) atoms. The zero-order chi connectivity index (χ0) is 15.9. The SMILES string of the molecule is COCCC(NC(=O)c1csc(-c2ccccn2)n1)C(N)=O. The summed E-state index contributed by atoms with van der Waals surface area (Å²) < 4.78 is 4.89. The van der Waals surface area contributed by atoms with E-state index in [-0.39, 0.29) is 5.69 Å². The number of primary amides is 1. The predicted octanol–water partition coefficient (Wildman–Crippen LogP) is 0.825. The van der Waals surface area contributed by atoms with Crippen LogP contribution in [0.3, 0.4) is 0 Å². The molecule has 2 aromatic heterocycles. The van der Waals surface area contributed by atoms with Crippen LogP contribution in [0.15, 0.2) is 29.8 Å². The first-order valence-electron chi connectivity index (χ1n) is 6.58. The summed E-state index contributed by atoms with van der Waals surface area (Å²) in [5, 5.41) is 4.82. The number of hydrogen-bond donors (Lipinski definition) is 2. The number of carbonyl (C=O) groups excluding carboxylic acids is 2. The summed E-state index contributed by atoms with van der Waals surface area (Å²) in [5.41, 5.74) is 6.19. The Hall–Kier alpha value is -2.32. The van der Waals surface area contributed by atoms with Crippen LogP contribution in [0.1, 0.15) is 16.9 Å². The lowest BCUT2D eigenvalue weighted by Gasteiger charge is -2.13. The van der Waals surface area contributed by atoms with Crippen molar-refractivity contribution in [3.8, 4) is 10.7 Å². The van der Waals surface area contributed by atoms with Crippen LogP contribution in [-0.2, 0) is 9.53 Å². The minimum absolute atomic E-state index is 0.231. The third-order valence-electron chi connectivity index (χ3n) is 2.88. The van der Waals surface area contributed by atoms with Gasteiger partial charge in [-0.2, -0.15) is 0 Å². The fraction of sp³-hybridized carbons (Fsp3) is 0.286. The smallest absolute Gasteiger partial charge is 0.271 e. The third kappa shape index (κ3) is 4.09. The van der Waals surface area contributed by atoms with Gasteiger partial charge in [-0.3, -0.25) is 14.6 Å². The standard InChI is InChI=1S/C14H16N4O3S/c1-21-7-5-9(12(15)19)17-13(20)11-8-22-14(18-11)10-4-2-3-6-16-10/h2-4,6,8-9H,5,7H2,1H3,(H2,15,19)(H,17,20). The molecule has 0 aliphatic carbocycles. The van der Waals surface area contributed by atoms with E-state index in [9.17, 15) is 9.59 Å². The van der Waals surface area contributed by atoms with Gasteiger partial charge in [0.05, 0.1) is 5.69 Å². The maximum Gasteiger partial charge on any atom is 0.271 e. The van der Waals surface area contributed by atoms with E-state index < -0.39 is 17.9 Å². The predicted molar refractivity (Wildman–Crippen MR) is 82.3 cm³/mol. The molecular weight excluding hydrogens is 304 g/mol. The molecule has 0 spiro atoms. The van der Waals surface area contributed by atoms with Gasteiger partial charge in [-0.25, -0.2) is 4.98 Å². The monoisotopic (exact) mass is 320 g/mol.